The predicted octanol–water partition coefficient (Wildman–Crippen LogP) is 2.65. The Balaban J connectivity index is 2.63. The number of halogens is 3. The maximum absolute atomic E-state index is 12.2. The van der Waals surface area contributed by atoms with Crippen LogP contribution in [0.5, 0.6) is 0 Å². The molecule has 14 heavy (non-hydrogen) atoms. The van der Waals surface area contributed by atoms with E-state index in [1.165, 1.54) is 12.3 Å². The minimum atomic E-state index is -4.41. The molecule has 2 rings (SSSR count). The molecular formula is C9H5F3N2. The highest BCUT2D eigenvalue weighted by Crippen LogP contribution is 2.28. The van der Waals surface area contributed by atoms with Crippen molar-refractivity contribution in [3.63, 3.8) is 0 Å². The van der Waals surface area contributed by atoms with Gasteiger partial charge in [-0.05, 0) is 24.3 Å². The van der Waals surface area contributed by atoms with E-state index in [4.69, 9.17) is 0 Å². The van der Waals surface area contributed by atoms with Gasteiger partial charge in [0.1, 0.15) is 5.69 Å². The topological polar surface area (TPSA) is 25.8 Å². The van der Waals surface area contributed by atoms with Crippen LogP contribution >= 0.6 is 0 Å². The summed E-state index contributed by atoms with van der Waals surface area (Å²) in [5, 5.41) is 0.598. The molecule has 0 amide bonds. The first-order valence-corrected chi connectivity index (χ1v) is 3.86. The summed E-state index contributed by atoms with van der Waals surface area (Å²) >= 11 is 0. The molecule has 0 unspecified atom stereocenters. The molecule has 0 radical (unpaired) electrons. The van der Waals surface area contributed by atoms with Gasteiger partial charge in [-0.15, -0.1) is 0 Å². The lowest BCUT2D eigenvalue weighted by Crippen LogP contribution is -2.07. The first kappa shape index (κ1) is 8.93. The van der Waals surface area contributed by atoms with Gasteiger partial charge in [0.25, 0.3) is 0 Å². The lowest BCUT2D eigenvalue weighted by molar-refractivity contribution is -0.141. The van der Waals surface area contributed by atoms with Crippen LogP contribution in [0.15, 0.2) is 30.5 Å². The van der Waals surface area contributed by atoms with E-state index in [0.717, 1.165) is 6.07 Å². The Hall–Kier alpha value is -1.65. The Labute approximate surface area is 77.4 Å². The summed E-state index contributed by atoms with van der Waals surface area (Å²) in [6.07, 6.45) is -3.00. The lowest BCUT2D eigenvalue weighted by Gasteiger charge is -2.05. The third-order valence-corrected chi connectivity index (χ3v) is 1.75. The second kappa shape index (κ2) is 2.94. The monoisotopic (exact) mass is 198 g/mol. The summed E-state index contributed by atoms with van der Waals surface area (Å²) in [6, 6.07) is 5.62. The van der Waals surface area contributed by atoms with Gasteiger partial charge in [-0.25, -0.2) is 9.97 Å². The molecule has 2 aromatic heterocycles. The van der Waals surface area contributed by atoms with Crippen molar-refractivity contribution < 1.29 is 13.2 Å². The largest absolute Gasteiger partial charge is 0.433 e. The van der Waals surface area contributed by atoms with E-state index in [1.54, 1.807) is 12.1 Å². The number of nitrogens with zero attached hydrogens (tertiary/aromatic N) is 2. The van der Waals surface area contributed by atoms with Crippen LogP contribution in [0.1, 0.15) is 5.69 Å². The molecule has 0 N–H and O–H groups in total. The van der Waals surface area contributed by atoms with Gasteiger partial charge >= 0.3 is 6.18 Å². The number of alkyl halides is 3. The Morgan fingerprint density at radius 2 is 1.86 bits per heavy atom. The molecule has 72 valence electrons. The molecule has 0 saturated heterocycles. The van der Waals surface area contributed by atoms with Crippen molar-refractivity contribution in [2.45, 2.75) is 6.18 Å². The quantitative estimate of drug-likeness (QED) is 0.650. The molecule has 0 aliphatic rings. The van der Waals surface area contributed by atoms with Crippen molar-refractivity contribution >= 4 is 11.0 Å². The van der Waals surface area contributed by atoms with Crippen LogP contribution in [0.3, 0.4) is 0 Å². The van der Waals surface area contributed by atoms with Crippen LogP contribution in [-0.4, -0.2) is 9.97 Å². The standard InChI is InChI=1S/C9H5F3N2/c10-9(11,12)7-4-3-6-2-1-5-13-8(6)14-7/h1-5H. The smallest absolute Gasteiger partial charge is 0.237 e. The minimum Gasteiger partial charge on any atom is -0.237 e. The van der Waals surface area contributed by atoms with Gasteiger partial charge in [0, 0.05) is 11.6 Å². The van der Waals surface area contributed by atoms with Crippen LogP contribution in [0, 0.1) is 0 Å². The van der Waals surface area contributed by atoms with Crippen LogP contribution in [0.4, 0.5) is 13.2 Å². The van der Waals surface area contributed by atoms with E-state index < -0.39 is 11.9 Å². The minimum absolute atomic E-state index is 0.113. The maximum Gasteiger partial charge on any atom is 0.433 e. The molecule has 0 fully saturated rings. The van der Waals surface area contributed by atoms with Crippen molar-refractivity contribution in [1.82, 2.24) is 9.97 Å². The third-order valence-electron chi connectivity index (χ3n) is 1.75. The van der Waals surface area contributed by atoms with Gasteiger partial charge in [0.15, 0.2) is 5.65 Å². The van der Waals surface area contributed by atoms with Crippen molar-refractivity contribution in [3.05, 3.63) is 36.2 Å². The van der Waals surface area contributed by atoms with Crippen LogP contribution < -0.4 is 0 Å². The molecule has 0 bridgehead atoms. The summed E-state index contributed by atoms with van der Waals surface area (Å²) in [6.45, 7) is 0. The van der Waals surface area contributed by atoms with E-state index in [1.807, 2.05) is 0 Å². The van der Waals surface area contributed by atoms with Crippen molar-refractivity contribution in [1.29, 1.82) is 0 Å². The van der Waals surface area contributed by atoms with Gasteiger partial charge in [0.2, 0.25) is 0 Å². The SMILES string of the molecule is FC(F)(F)c1ccc2cccnc2n1. The molecule has 2 heterocycles. The van der Waals surface area contributed by atoms with Crippen molar-refractivity contribution in [2.24, 2.45) is 0 Å². The van der Waals surface area contributed by atoms with Crippen LogP contribution in [0.2, 0.25) is 0 Å². The van der Waals surface area contributed by atoms with E-state index in [2.05, 4.69) is 9.97 Å². The Morgan fingerprint density at radius 1 is 1.07 bits per heavy atom. The molecule has 0 saturated carbocycles. The Kier molecular flexibility index (Phi) is 1.87. The second-order valence-corrected chi connectivity index (χ2v) is 2.74. The summed E-state index contributed by atoms with van der Waals surface area (Å²) < 4.78 is 36.7. The Bertz CT molecular complexity index is 465. The number of rotatable bonds is 0. The first-order chi connectivity index (χ1) is 6.57. The number of pyridine rings is 2. The van der Waals surface area contributed by atoms with Crippen LogP contribution in [0.25, 0.3) is 11.0 Å². The van der Waals surface area contributed by atoms with Gasteiger partial charge in [-0.3, -0.25) is 0 Å². The van der Waals surface area contributed by atoms with E-state index >= 15 is 0 Å². The lowest BCUT2D eigenvalue weighted by atomic mass is 10.2. The molecule has 0 spiro atoms. The highest BCUT2D eigenvalue weighted by molar-refractivity contribution is 5.74. The molecule has 0 aliphatic carbocycles. The normalized spacial score (nSPS) is 11.9. The molecular weight excluding hydrogens is 193 g/mol. The second-order valence-electron chi connectivity index (χ2n) is 2.74. The third kappa shape index (κ3) is 1.53. The number of hydrogen-bond donors (Lipinski definition) is 0. The first-order valence-electron chi connectivity index (χ1n) is 3.86. The maximum atomic E-state index is 12.2. The molecule has 2 aromatic rings. The van der Waals surface area contributed by atoms with Crippen LogP contribution in [-0.2, 0) is 6.18 Å². The zero-order valence-corrected chi connectivity index (χ0v) is 6.92. The van der Waals surface area contributed by atoms with Gasteiger partial charge in [-0.1, -0.05) is 0 Å². The van der Waals surface area contributed by atoms with E-state index in [9.17, 15) is 13.2 Å². The van der Waals surface area contributed by atoms with Gasteiger partial charge < -0.3 is 0 Å². The zero-order chi connectivity index (χ0) is 10.2. The summed E-state index contributed by atoms with van der Waals surface area (Å²) in [5.74, 6) is 0. The predicted molar refractivity (Wildman–Crippen MR) is 44.5 cm³/mol. The Morgan fingerprint density at radius 3 is 2.57 bits per heavy atom. The fraction of sp³-hybridized carbons (Fsp3) is 0.111. The van der Waals surface area contributed by atoms with Crippen molar-refractivity contribution in [2.75, 3.05) is 0 Å². The fourth-order valence-electron chi connectivity index (χ4n) is 1.11. The molecule has 5 heteroatoms. The average Bonchev–Trinajstić information content (AvgIpc) is 2.16. The van der Waals surface area contributed by atoms with E-state index in [0.29, 0.717) is 5.39 Å². The number of hydrogen-bond acceptors (Lipinski definition) is 2. The number of fused-ring (bicyclic) bond motifs is 1. The molecule has 0 aliphatic heterocycles. The summed E-state index contributed by atoms with van der Waals surface area (Å²) in [4.78, 5) is 7.15. The fourth-order valence-corrected chi connectivity index (χ4v) is 1.11. The average molecular weight is 198 g/mol. The number of aromatic nitrogens is 2. The molecule has 0 atom stereocenters. The molecule has 0 aromatic carbocycles. The van der Waals surface area contributed by atoms with Gasteiger partial charge in [-0.2, -0.15) is 13.2 Å². The summed E-state index contributed by atoms with van der Waals surface area (Å²) in [5.41, 5.74) is -0.800. The highest BCUT2D eigenvalue weighted by Gasteiger charge is 2.32. The van der Waals surface area contributed by atoms with E-state index in [-0.39, 0.29) is 5.65 Å². The highest BCUT2D eigenvalue weighted by atomic mass is 19.4. The summed E-state index contributed by atoms with van der Waals surface area (Å²) in [7, 11) is 0. The zero-order valence-electron chi connectivity index (χ0n) is 6.92. The molecule has 2 nitrogen and oxygen atoms in total. The van der Waals surface area contributed by atoms with Crippen molar-refractivity contribution in [3.8, 4) is 0 Å². The van der Waals surface area contributed by atoms with Gasteiger partial charge in [0.05, 0.1) is 0 Å².